The smallest absolute Gasteiger partial charge is 0.243 e. The van der Waals surface area contributed by atoms with Crippen LogP contribution in [0.15, 0.2) is 77.7 Å². The van der Waals surface area contributed by atoms with Crippen LogP contribution in [0, 0.1) is 12.7 Å². The second-order valence-electron chi connectivity index (χ2n) is 7.12. The van der Waals surface area contributed by atoms with Gasteiger partial charge in [0.1, 0.15) is 5.82 Å². The summed E-state index contributed by atoms with van der Waals surface area (Å²) < 4.78 is 40.7. The lowest BCUT2D eigenvalue weighted by atomic mass is 10.1. The van der Waals surface area contributed by atoms with Crippen LogP contribution >= 0.6 is 11.6 Å². The molecule has 3 rings (SSSR count). The number of halogens is 2. The number of rotatable bonds is 8. The molecule has 0 aliphatic heterocycles. The zero-order valence-electron chi connectivity index (χ0n) is 16.9. The molecule has 162 valence electrons. The van der Waals surface area contributed by atoms with Gasteiger partial charge >= 0.3 is 0 Å². The van der Waals surface area contributed by atoms with Crippen LogP contribution in [0.1, 0.15) is 16.7 Å². The number of benzene rings is 3. The van der Waals surface area contributed by atoms with Gasteiger partial charge in [0.15, 0.2) is 0 Å². The minimum atomic E-state index is -3.99. The Morgan fingerprint density at radius 1 is 1.00 bits per heavy atom. The molecule has 0 aliphatic rings. The van der Waals surface area contributed by atoms with Crippen molar-refractivity contribution >= 4 is 27.5 Å². The van der Waals surface area contributed by atoms with Crippen molar-refractivity contribution in [3.05, 3.63) is 100 Å². The van der Waals surface area contributed by atoms with Crippen molar-refractivity contribution < 1.29 is 17.6 Å². The Bertz CT molecular complexity index is 1150. The van der Waals surface area contributed by atoms with E-state index in [0.29, 0.717) is 10.6 Å². The molecule has 31 heavy (non-hydrogen) atoms. The Hall–Kier alpha value is -2.74. The van der Waals surface area contributed by atoms with Crippen LogP contribution in [-0.4, -0.2) is 25.2 Å². The van der Waals surface area contributed by atoms with E-state index in [0.717, 1.165) is 15.4 Å². The summed E-state index contributed by atoms with van der Waals surface area (Å²) in [7, 11) is -3.99. The highest BCUT2D eigenvalue weighted by Gasteiger charge is 2.27. The molecule has 0 saturated carbocycles. The first-order valence-electron chi connectivity index (χ1n) is 9.56. The Morgan fingerprint density at radius 2 is 1.68 bits per heavy atom. The number of nitrogens with zero attached hydrogens (tertiary/aromatic N) is 1. The van der Waals surface area contributed by atoms with E-state index >= 15 is 0 Å². The maximum absolute atomic E-state index is 13.3. The lowest BCUT2D eigenvalue weighted by Gasteiger charge is -2.22. The average molecular weight is 461 g/mol. The topological polar surface area (TPSA) is 66.5 Å². The Kier molecular flexibility index (Phi) is 7.43. The van der Waals surface area contributed by atoms with Crippen molar-refractivity contribution in [2.45, 2.75) is 24.9 Å². The molecule has 1 N–H and O–H groups in total. The predicted molar refractivity (Wildman–Crippen MR) is 118 cm³/mol. The third-order valence-electron chi connectivity index (χ3n) is 4.62. The molecule has 0 aromatic heterocycles. The number of carbonyl (C=O) groups excluding carboxylic acids is 1. The van der Waals surface area contributed by atoms with Crippen LogP contribution in [-0.2, 0) is 27.9 Å². The number of amides is 1. The van der Waals surface area contributed by atoms with E-state index in [-0.39, 0.29) is 24.5 Å². The zero-order chi connectivity index (χ0) is 22.4. The average Bonchev–Trinajstić information content (AvgIpc) is 2.74. The molecule has 0 spiro atoms. The Labute approximate surface area is 186 Å². The molecular weight excluding hydrogens is 439 g/mol. The first-order chi connectivity index (χ1) is 14.7. The van der Waals surface area contributed by atoms with E-state index in [1.165, 1.54) is 48.5 Å². The van der Waals surface area contributed by atoms with Crippen LogP contribution in [0.25, 0.3) is 0 Å². The molecule has 8 heteroatoms. The van der Waals surface area contributed by atoms with Crippen LogP contribution in [0.3, 0.4) is 0 Å². The van der Waals surface area contributed by atoms with Gasteiger partial charge in [-0.05, 0) is 54.4 Å². The maximum Gasteiger partial charge on any atom is 0.243 e. The lowest BCUT2D eigenvalue weighted by molar-refractivity contribution is -0.121. The molecule has 0 fully saturated rings. The fraction of sp³-hybridized carbons (Fsp3) is 0.174. The minimum Gasteiger partial charge on any atom is -0.351 e. The van der Waals surface area contributed by atoms with Gasteiger partial charge in [-0.15, -0.1) is 0 Å². The molecule has 0 radical (unpaired) electrons. The zero-order valence-corrected chi connectivity index (χ0v) is 18.5. The highest BCUT2D eigenvalue weighted by molar-refractivity contribution is 7.89. The molecule has 0 unspecified atom stereocenters. The van der Waals surface area contributed by atoms with E-state index in [1.54, 1.807) is 0 Å². The van der Waals surface area contributed by atoms with Crippen LogP contribution in [0.5, 0.6) is 0 Å². The van der Waals surface area contributed by atoms with Crippen LogP contribution < -0.4 is 5.32 Å². The number of hydrogen-bond donors (Lipinski definition) is 1. The summed E-state index contributed by atoms with van der Waals surface area (Å²) in [5.74, 6) is -0.868. The molecule has 0 heterocycles. The standard InChI is InChI=1S/C23H22ClFN2O3S/c1-17-3-2-4-19(13-17)14-26-23(28)16-27(15-18-5-9-21(25)10-6-18)31(29,30)22-11-7-20(24)8-12-22/h2-13H,14-16H2,1H3,(H,26,28). The predicted octanol–water partition coefficient (Wildman–Crippen LogP) is 4.29. The molecule has 3 aromatic rings. The van der Waals surface area contributed by atoms with Gasteiger partial charge < -0.3 is 5.32 Å². The monoisotopic (exact) mass is 460 g/mol. The number of aryl methyl sites for hydroxylation is 1. The van der Waals surface area contributed by atoms with Gasteiger partial charge in [-0.25, -0.2) is 12.8 Å². The van der Waals surface area contributed by atoms with Crippen LogP contribution in [0.2, 0.25) is 5.02 Å². The fourth-order valence-corrected chi connectivity index (χ4v) is 4.52. The van der Waals surface area contributed by atoms with E-state index in [9.17, 15) is 17.6 Å². The van der Waals surface area contributed by atoms with Crippen molar-refractivity contribution in [2.75, 3.05) is 6.54 Å². The summed E-state index contributed by atoms with van der Waals surface area (Å²) in [4.78, 5) is 12.6. The minimum absolute atomic E-state index is 0.0190. The molecule has 0 bridgehead atoms. The van der Waals surface area contributed by atoms with Gasteiger partial charge in [-0.1, -0.05) is 53.6 Å². The molecule has 0 saturated heterocycles. The lowest BCUT2D eigenvalue weighted by Crippen LogP contribution is -2.40. The maximum atomic E-state index is 13.3. The van der Waals surface area contributed by atoms with Crippen molar-refractivity contribution in [1.29, 1.82) is 0 Å². The third kappa shape index (κ3) is 6.37. The van der Waals surface area contributed by atoms with Crippen molar-refractivity contribution in [3.63, 3.8) is 0 Å². The van der Waals surface area contributed by atoms with Gasteiger partial charge in [0.05, 0.1) is 11.4 Å². The summed E-state index contributed by atoms with van der Waals surface area (Å²) in [6, 6.07) is 18.9. The third-order valence-corrected chi connectivity index (χ3v) is 6.67. The summed E-state index contributed by atoms with van der Waals surface area (Å²) in [6.45, 7) is 1.78. The summed E-state index contributed by atoms with van der Waals surface area (Å²) >= 11 is 5.87. The van der Waals surface area contributed by atoms with E-state index in [2.05, 4.69) is 5.32 Å². The van der Waals surface area contributed by atoms with Crippen molar-refractivity contribution in [1.82, 2.24) is 9.62 Å². The number of sulfonamides is 1. The van der Waals surface area contributed by atoms with E-state index in [1.807, 2.05) is 31.2 Å². The molecule has 5 nitrogen and oxygen atoms in total. The molecular formula is C23H22ClFN2O3S. The van der Waals surface area contributed by atoms with Gasteiger partial charge in [-0.2, -0.15) is 4.31 Å². The van der Waals surface area contributed by atoms with E-state index in [4.69, 9.17) is 11.6 Å². The first-order valence-corrected chi connectivity index (χ1v) is 11.4. The van der Waals surface area contributed by atoms with E-state index < -0.39 is 21.7 Å². The van der Waals surface area contributed by atoms with Gasteiger partial charge in [-0.3, -0.25) is 4.79 Å². The van der Waals surface area contributed by atoms with Gasteiger partial charge in [0.2, 0.25) is 15.9 Å². The van der Waals surface area contributed by atoms with Crippen molar-refractivity contribution in [3.8, 4) is 0 Å². The van der Waals surface area contributed by atoms with Gasteiger partial charge in [0.25, 0.3) is 0 Å². The summed E-state index contributed by atoms with van der Waals surface area (Å²) in [6.07, 6.45) is 0. The molecule has 3 aromatic carbocycles. The second kappa shape index (κ2) is 10.0. The number of carbonyl (C=O) groups is 1. The quantitative estimate of drug-likeness (QED) is 0.545. The Balaban J connectivity index is 1.79. The van der Waals surface area contributed by atoms with Crippen LogP contribution in [0.4, 0.5) is 4.39 Å². The highest BCUT2D eigenvalue weighted by Crippen LogP contribution is 2.20. The molecule has 0 atom stereocenters. The largest absolute Gasteiger partial charge is 0.351 e. The molecule has 0 aliphatic carbocycles. The first kappa shape index (κ1) is 22.9. The second-order valence-corrected chi connectivity index (χ2v) is 9.49. The Morgan fingerprint density at radius 3 is 2.32 bits per heavy atom. The van der Waals surface area contributed by atoms with Crippen molar-refractivity contribution in [2.24, 2.45) is 0 Å². The fourth-order valence-electron chi connectivity index (χ4n) is 3.01. The number of hydrogen-bond acceptors (Lipinski definition) is 3. The van der Waals surface area contributed by atoms with Gasteiger partial charge in [0, 0.05) is 18.1 Å². The number of nitrogens with one attached hydrogen (secondary N) is 1. The summed E-state index contributed by atoms with van der Waals surface area (Å²) in [5.41, 5.74) is 2.54. The SMILES string of the molecule is Cc1cccc(CNC(=O)CN(Cc2ccc(F)cc2)S(=O)(=O)c2ccc(Cl)cc2)c1. The summed E-state index contributed by atoms with van der Waals surface area (Å²) in [5, 5.41) is 3.16. The highest BCUT2D eigenvalue weighted by atomic mass is 35.5. The normalized spacial score (nSPS) is 11.5. The molecule has 1 amide bonds.